The van der Waals surface area contributed by atoms with Gasteiger partial charge in [0.05, 0.1) is 11.1 Å². The summed E-state index contributed by atoms with van der Waals surface area (Å²) in [7, 11) is -2.51. The summed E-state index contributed by atoms with van der Waals surface area (Å²) < 4.78 is 113. The molecular formula is C38H40Cl2F6N2O5P+. The maximum Gasteiger partial charge on any atom is 0.697 e. The molecule has 0 aliphatic heterocycles. The third-order valence-electron chi connectivity index (χ3n) is 8.23. The van der Waals surface area contributed by atoms with E-state index < -0.39 is 42.8 Å². The molecule has 54 heavy (non-hydrogen) atoms. The van der Waals surface area contributed by atoms with Crippen molar-refractivity contribution in [1.82, 2.24) is 0 Å². The summed E-state index contributed by atoms with van der Waals surface area (Å²) in [5, 5.41) is 0.776. The number of alkyl halides is 6. The number of aryl methyl sites for hydroxylation is 2. The molecule has 0 unspecified atom stereocenters. The first kappa shape index (κ1) is 43.3. The van der Waals surface area contributed by atoms with Gasteiger partial charge in [-0.3, -0.25) is 0 Å². The van der Waals surface area contributed by atoms with Gasteiger partial charge < -0.3 is 20.9 Å². The molecule has 4 rings (SSSR count). The predicted molar refractivity (Wildman–Crippen MR) is 197 cm³/mol. The summed E-state index contributed by atoms with van der Waals surface area (Å²) in [5.74, 6) is 0.650. The smallest absolute Gasteiger partial charge is 0.457 e. The van der Waals surface area contributed by atoms with Crippen LogP contribution in [0.15, 0.2) is 84.9 Å². The Morgan fingerprint density at radius 2 is 0.963 bits per heavy atom. The standard InChI is InChI=1S/C38H40Cl2F6N2O5P/c1-35(47,17-5-7-25-13-15-31(21-33(25)39)52-29-11-3-9-27(19-29)37(41,42)43)23-50-54(49)51-24-36(2,48)18-6-8-26-14-16-32(22-34(26)40)53-30-12-4-10-28(20-30)38(44,45)46/h3-4,9-16,19-22H,5-8,17-18,23-24,47-48H2,1-2H3/q+1/t35-,36-/m1/s1. The third kappa shape index (κ3) is 14.0. The van der Waals surface area contributed by atoms with Gasteiger partial charge in [-0.15, -0.1) is 9.05 Å². The van der Waals surface area contributed by atoms with Crippen LogP contribution in [-0.4, -0.2) is 24.3 Å². The molecule has 0 amide bonds. The van der Waals surface area contributed by atoms with Crippen LogP contribution in [0.2, 0.25) is 10.0 Å². The van der Waals surface area contributed by atoms with Crippen molar-refractivity contribution in [2.24, 2.45) is 11.5 Å². The molecule has 0 heterocycles. The summed E-state index contributed by atoms with van der Waals surface area (Å²) in [6.07, 6.45) is -5.68. The molecule has 0 aromatic heterocycles. The number of rotatable bonds is 18. The van der Waals surface area contributed by atoms with Gasteiger partial charge in [-0.2, -0.15) is 26.3 Å². The highest BCUT2D eigenvalue weighted by atomic mass is 35.5. The van der Waals surface area contributed by atoms with Gasteiger partial charge in [0.15, 0.2) is 0 Å². The SMILES string of the molecule is C[C@@](N)(CCCc1ccc(Oc2cccc(C(F)(F)F)c2)cc1Cl)CO[P+](=O)OC[C@](C)(N)CCCc1ccc(Oc2cccc(C(F)(F)F)c2)cc1Cl. The third-order valence-corrected chi connectivity index (χ3v) is 9.61. The Morgan fingerprint density at radius 3 is 1.31 bits per heavy atom. The molecule has 7 nitrogen and oxygen atoms in total. The molecule has 0 saturated heterocycles. The average Bonchev–Trinajstić information content (AvgIpc) is 3.08. The molecule has 0 aliphatic carbocycles. The van der Waals surface area contributed by atoms with Crippen molar-refractivity contribution in [2.75, 3.05) is 13.2 Å². The van der Waals surface area contributed by atoms with Crippen LogP contribution in [0.1, 0.15) is 61.8 Å². The monoisotopic (exact) mass is 819 g/mol. The van der Waals surface area contributed by atoms with Gasteiger partial charge in [-0.25, -0.2) is 0 Å². The van der Waals surface area contributed by atoms with E-state index in [0.717, 1.165) is 35.4 Å². The van der Waals surface area contributed by atoms with Gasteiger partial charge in [-0.1, -0.05) is 47.5 Å². The number of hydrogen-bond donors (Lipinski definition) is 2. The molecule has 16 heteroatoms. The zero-order valence-corrected chi connectivity index (χ0v) is 31.8. The van der Waals surface area contributed by atoms with Gasteiger partial charge >= 0.3 is 20.6 Å². The quantitative estimate of drug-likeness (QED) is 0.0760. The highest BCUT2D eigenvalue weighted by Gasteiger charge is 2.33. The molecule has 0 radical (unpaired) electrons. The van der Waals surface area contributed by atoms with Crippen molar-refractivity contribution in [3.63, 3.8) is 0 Å². The lowest BCUT2D eigenvalue weighted by Gasteiger charge is -2.22. The summed E-state index contributed by atoms with van der Waals surface area (Å²) in [6.45, 7) is 3.41. The fraction of sp³-hybridized carbons (Fsp3) is 0.368. The summed E-state index contributed by atoms with van der Waals surface area (Å²) >= 11 is 12.8. The lowest BCUT2D eigenvalue weighted by atomic mass is 9.95. The van der Waals surface area contributed by atoms with Crippen LogP contribution in [-0.2, 0) is 38.8 Å². The second-order valence-corrected chi connectivity index (χ2v) is 15.3. The van der Waals surface area contributed by atoms with E-state index in [4.69, 9.17) is 53.2 Å². The van der Waals surface area contributed by atoms with E-state index in [1.165, 1.54) is 36.4 Å². The first-order chi connectivity index (χ1) is 25.2. The van der Waals surface area contributed by atoms with Crippen LogP contribution in [0, 0.1) is 0 Å². The Hall–Kier alpha value is -3.42. The molecule has 0 bridgehead atoms. The van der Waals surface area contributed by atoms with Crippen molar-refractivity contribution in [3.8, 4) is 23.0 Å². The maximum absolute atomic E-state index is 13.0. The van der Waals surface area contributed by atoms with E-state index in [1.807, 2.05) is 0 Å². The predicted octanol–water partition coefficient (Wildman–Crippen LogP) is 12.1. The Labute approximate surface area is 320 Å². The van der Waals surface area contributed by atoms with Gasteiger partial charge in [-0.05, 0) is 124 Å². The molecule has 4 aromatic rings. The van der Waals surface area contributed by atoms with Crippen molar-refractivity contribution in [2.45, 2.75) is 75.8 Å². The van der Waals surface area contributed by atoms with Crippen LogP contribution in [0.5, 0.6) is 23.0 Å². The van der Waals surface area contributed by atoms with E-state index in [0.29, 0.717) is 60.1 Å². The molecule has 4 aromatic carbocycles. The Kier molecular flexibility index (Phi) is 14.8. The summed E-state index contributed by atoms with van der Waals surface area (Å²) in [6, 6.07) is 18.9. The number of ether oxygens (including phenoxy) is 2. The fourth-order valence-electron chi connectivity index (χ4n) is 5.28. The minimum absolute atomic E-state index is 0.0331. The van der Waals surface area contributed by atoms with E-state index in [9.17, 15) is 30.9 Å². The molecule has 292 valence electrons. The minimum Gasteiger partial charge on any atom is -0.457 e. The lowest BCUT2D eigenvalue weighted by Crippen LogP contribution is -2.41. The van der Waals surface area contributed by atoms with E-state index in [2.05, 4.69) is 0 Å². The van der Waals surface area contributed by atoms with Gasteiger partial charge in [0.25, 0.3) is 0 Å². The Morgan fingerprint density at radius 1 is 0.593 bits per heavy atom. The van der Waals surface area contributed by atoms with Crippen LogP contribution in [0.3, 0.4) is 0 Å². The number of nitrogens with two attached hydrogens (primary N) is 2. The normalized spacial score (nSPS) is 14.3. The zero-order valence-electron chi connectivity index (χ0n) is 29.4. The second kappa shape index (κ2) is 18.5. The molecular weight excluding hydrogens is 780 g/mol. The second-order valence-electron chi connectivity index (χ2n) is 13.5. The molecule has 2 atom stereocenters. The summed E-state index contributed by atoms with van der Waals surface area (Å²) in [4.78, 5) is 0. The molecule has 0 fully saturated rings. The van der Waals surface area contributed by atoms with E-state index in [-0.39, 0.29) is 24.7 Å². The van der Waals surface area contributed by atoms with Gasteiger partial charge in [0, 0.05) is 25.7 Å². The van der Waals surface area contributed by atoms with E-state index in [1.54, 1.807) is 38.1 Å². The highest BCUT2D eigenvalue weighted by molar-refractivity contribution is 7.33. The minimum atomic E-state index is -4.49. The maximum atomic E-state index is 13.0. The first-order valence-corrected chi connectivity index (χ1v) is 18.6. The van der Waals surface area contributed by atoms with Crippen LogP contribution >= 0.6 is 31.5 Å². The Bertz CT molecular complexity index is 1760. The molecule has 0 saturated carbocycles. The Balaban J connectivity index is 1.15. The average molecular weight is 821 g/mol. The van der Waals surface area contributed by atoms with Crippen molar-refractivity contribution in [1.29, 1.82) is 0 Å². The van der Waals surface area contributed by atoms with Crippen molar-refractivity contribution < 1.29 is 49.4 Å². The van der Waals surface area contributed by atoms with Gasteiger partial charge in [0.2, 0.25) is 0 Å². The van der Waals surface area contributed by atoms with Crippen LogP contribution in [0.25, 0.3) is 0 Å². The van der Waals surface area contributed by atoms with Crippen molar-refractivity contribution >= 4 is 31.5 Å². The lowest BCUT2D eigenvalue weighted by molar-refractivity contribution is -0.138. The largest absolute Gasteiger partial charge is 0.697 e. The summed E-state index contributed by atoms with van der Waals surface area (Å²) in [5.41, 5.74) is 11.0. The fourth-order valence-corrected chi connectivity index (χ4v) is 6.69. The highest BCUT2D eigenvalue weighted by Crippen LogP contribution is 2.36. The van der Waals surface area contributed by atoms with Crippen molar-refractivity contribution in [3.05, 3.63) is 117 Å². The molecule has 0 spiro atoms. The number of benzene rings is 4. The van der Waals surface area contributed by atoms with Crippen LogP contribution in [0.4, 0.5) is 26.3 Å². The first-order valence-electron chi connectivity index (χ1n) is 16.8. The molecule has 0 aliphatic rings. The topological polar surface area (TPSA) is 106 Å². The molecule has 4 N–H and O–H groups in total. The number of hydrogen-bond acceptors (Lipinski definition) is 7. The van der Waals surface area contributed by atoms with E-state index >= 15 is 0 Å². The van der Waals surface area contributed by atoms with Gasteiger partial charge in [0.1, 0.15) is 36.2 Å². The number of halogens is 8. The zero-order chi connectivity index (χ0) is 39.7. The van der Waals surface area contributed by atoms with Crippen LogP contribution < -0.4 is 20.9 Å².